The number of aliphatic hydroxyl groups excluding tert-OH is 2. The predicted molar refractivity (Wildman–Crippen MR) is 65.4 cm³/mol. The van der Waals surface area contributed by atoms with Crippen molar-refractivity contribution in [3.8, 4) is 5.75 Å². The summed E-state index contributed by atoms with van der Waals surface area (Å²) in [7, 11) is 0. The summed E-state index contributed by atoms with van der Waals surface area (Å²) < 4.78 is 6.26. The molecular formula is C10H10ClIO3. The molecule has 1 aliphatic heterocycles. The van der Waals surface area contributed by atoms with Crippen LogP contribution < -0.4 is 4.74 Å². The van der Waals surface area contributed by atoms with Crippen LogP contribution >= 0.6 is 34.2 Å². The molecule has 82 valence electrons. The van der Waals surface area contributed by atoms with Crippen LogP contribution in [0.2, 0.25) is 5.02 Å². The molecule has 0 aromatic heterocycles. The Morgan fingerprint density at radius 2 is 2.33 bits per heavy atom. The van der Waals surface area contributed by atoms with Gasteiger partial charge in [-0.15, -0.1) is 0 Å². The Morgan fingerprint density at radius 1 is 1.60 bits per heavy atom. The molecule has 0 saturated carbocycles. The van der Waals surface area contributed by atoms with Crippen LogP contribution in [0, 0.1) is 3.57 Å². The monoisotopic (exact) mass is 340 g/mol. The number of rotatable bonds is 2. The van der Waals surface area contributed by atoms with Crippen LogP contribution in [-0.4, -0.2) is 23.4 Å². The van der Waals surface area contributed by atoms with Crippen molar-refractivity contribution in [3.63, 3.8) is 0 Å². The Morgan fingerprint density at radius 3 is 3.00 bits per heavy atom. The third kappa shape index (κ3) is 1.95. The van der Waals surface area contributed by atoms with Crippen molar-refractivity contribution in [3.05, 3.63) is 25.8 Å². The fourth-order valence-corrected chi connectivity index (χ4v) is 3.23. The number of hydrogen-bond acceptors (Lipinski definition) is 3. The van der Waals surface area contributed by atoms with Crippen molar-refractivity contribution >= 4 is 34.2 Å². The van der Waals surface area contributed by atoms with Crippen LogP contribution in [0.15, 0.2) is 6.07 Å². The highest BCUT2D eigenvalue weighted by atomic mass is 127. The minimum atomic E-state index is -0.857. The van der Waals surface area contributed by atoms with E-state index in [9.17, 15) is 5.11 Å². The van der Waals surface area contributed by atoms with Gasteiger partial charge in [0.25, 0.3) is 0 Å². The van der Waals surface area contributed by atoms with Gasteiger partial charge in [0.2, 0.25) is 0 Å². The Labute approximate surface area is 106 Å². The van der Waals surface area contributed by atoms with Crippen LogP contribution in [-0.2, 0) is 6.42 Å². The quantitative estimate of drug-likeness (QED) is 0.809. The summed E-state index contributed by atoms with van der Waals surface area (Å²) in [6.45, 7) is 0.296. The average molecular weight is 341 g/mol. The number of benzene rings is 1. The van der Waals surface area contributed by atoms with Gasteiger partial charge >= 0.3 is 0 Å². The molecule has 3 nitrogen and oxygen atoms in total. The Bertz CT molecular complexity index is 395. The standard InChI is InChI=1S/C10H10ClIO3/c11-6-3-7(12)9(8(14)4-13)5-1-2-15-10(5)6/h3,8,13-14H,1-2,4H2. The molecule has 0 bridgehead atoms. The first-order chi connectivity index (χ1) is 7.15. The lowest BCUT2D eigenvalue weighted by atomic mass is 10.0. The summed E-state index contributed by atoms with van der Waals surface area (Å²) in [4.78, 5) is 0. The van der Waals surface area contributed by atoms with E-state index in [1.807, 2.05) is 0 Å². The first-order valence-electron chi connectivity index (χ1n) is 4.57. The lowest BCUT2D eigenvalue weighted by Gasteiger charge is -2.15. The molecule has 0 amide bonds. The molecule has 2 rings (SSSR count). The van der Waals surface area contributed by atoms with E-state index >= 15 is 0 Å². The van der Waals surface area contributed by atoms with E-state index < -0.39 is 6.10 Å². The van der Waals surface area contributed by atoms with E-state index in [4.69, 9.17) is 21.4 Å². The molecular weight excluding hydrogens is 330 g/mol. The molecule has 2 N–H and O–H groups in total. The molecule has 5 heteroatoms. The number of hydrogen-bond donors (Lipinski definition) is 2. The highest BCUT2D eigenvalue weighted by molar-refractivity contribution is 14.1. The van der Waals surface area contributed by atoms with Gasteiger partial charge in [-0.25, -0.2) is 0 Å². The topological polar surface area (TPSA) is 49.7 Å². The summed E-state index contributed by atoms with van der Waals surface area (Å²) in [5, 5.41) is 19.3. The highest BCUT2D eigenvalue weighted by Gasteiger charge is 2.25. The van der Waals surface area contributed by atoms with Crippen LogP contribution in [0.4, 0.5) is 0 Å². The zero-order valence-corrected chi connectivity index (χ0v) is 10.7. The van der Waals surface area contributed by atoms with Gasteiger partial charge in [0.1, 0.15) is 11.9 Å². The molecule has 15 heavy (non-hydrogen) atoms. The van der Waals surface area contributed by atoms with Gasteiger partial charge in [0.15, 0.2) is 0 Å². The molecule has 0 spiro atoms. The normalized spacial score (nSPS) is 16.0. The minimum Gasteiger partial charge on any atom is -0.491 e. The van der Waals surface area contributed by atoms with Gasteiger partial charge in [-0.05, 0) is 28.7 Å². The third-order valence-corrected chi connectivity index (χ3v) is 3.60. The van der Waals surface area contributed by atoms with E-state index in [1.54, 1.807) is 6.07 Å². The lowest BCUT2D eigenvalue weighted by molar-refractivity contribution is 0.0944. The Kier molecular flexibility index (Phi) is 3.39. The fourth-order valence-electron chi connectivity index (χ4n) is 1.78. The SMILES string of the molecule is OCC(O)c1c(I)cc(Cl)c2c1CCO2. The van der Waals surface area contributed by atoms with E-state index in [0.717, 1.165) is 21.1 Å². The Hall–Kier alpha value is -0.0400. The van der Waals surface area contributed by atoms with E-state index in [1.165, 1.54) is 0 Å². The summed E-state index contributed by atoms with van der Waals surface area (Å²) in [5.41, 5.74) is 1.67. The van der Waals surface area contributed by atoms with Gasteiger partial charge in [-0.2, -0.15) is 0 Å². The molecule has 0 fully saturated rings. The van der Waals surface area contributed by atoms with E-state index in [-0.39, 0.29) is 6.61 Å². The smallest absolute Gasteiger partial charge is 0.141 e. The van der Waals surface area contributed by atoms with Crippen molar-refractivity contribution in [2.45, 2.75) is 12.5 Å². The van der Waals surface area contributed by atoms with E-state index in [0.29, 0.717) is 17.4 Å². The van der Waals surface area contributed by atoms with Crippen molar-refractivity contribution in [2.75, 3.05) is 13.2 Å². The summed E-state index contributed by atoms with van der Waals surface area (Å²) in [6.07, 6.45) is -0.122. The Balaban J connectivity index is 2.59. The van der Waals surface area contributed by atoms with Gasteiger partial charge in [-0.1, -0.05) is 11.6 Å². The number of halogens is 2. The fraction of sp³-hybridized carbons (Fsp3) is 0.400. The van der Waals surface area contributed by atoms with Crippen molar-refractivity contribution in [1.29, 1.82) is 0 Å². The molecule has 1 atom stereocenters. The second-order valence-corrected chi connectivity index (χ2v) is 4.93. The molecule has 1 aromatic rings. The molecule has 0 saturated heterocycles. The summed E-state index contributed by atoms with van der Waals surface area (Å²) in [6, 6.07) is 1.75. The number of fused-ring (bicyclic) bond motifs is 1. The molecule has 0 aliphatic carbocycles. The van der Waals surface area contributed by atoms with Crippen LogP contribution in [0.5, 0.6) is 5.75 Å². The maximum Gasteiger partial charge on any atom is 0.141 e. The van der Waals surface area contributed by atoms with Crippen LogP contribution in [0.3, 0.4) is 0 Å². The number of ether oxygens (including phenoxy) is 1. The lowest BCUT2D eigenvalue weighted by Crippen LogP contribution is -2.08. The second-order valence-electron chi connectivity index (χ2n) is 3.36. The molecule has 1 aromatic carbocycles. The zero-order chi connectivity index (χ0) is 11.0. The van der Waals surface area contributed by atoms with Gasteiger partial charge in [0.05, 0.1) is 18.2 Å². The van der Waals surface area contributed by atoms with Crippen molar-refractivity contribution in [2.24, 2.45) is 0 Å². The average Bonchev–Trinajstić information content (AvgIpc) is 2.66. The molecule has 1 aliphatic rings. The van der Waals surface area contributed by atoms with E-state index in [2.05, 4.69) is 22.6 Å². The largest absolute Gasteiger partial charge is 0.491 e. The van der Waals surface area contributed by atoms with Crippen molar-refractivity contribution in [1.82, 2.24) is 0 Å². The zero-order valence-electron chi connectivity index (χ0n) is 7.83. The minimum absolute atomic E-state index is 0.288. The van der Waals surface area contributed by atoms with Crippen LogP contribution in [0.1, 0.15) is 17.2 Å². The van der Waals surface area contributed by atoms with Crippen molar-refractivity contribution < 1.29 is 14.9 Å². The maximum atomic E-state index is 9.71. The van der Waals surface area contributed by atoms with Gasteiger partial charge in [-0.3, -0.25) is 0 Å². The summed E-state index contributed by atoms with van der Waals surface area (Å²) in [5.74, 6) is 0.652. The first kappa shape index (κ1) is 11.4. The third-order valence-electron chi connectivity index (χ3n) is 2.43. The van der Waals surface area contributed by atoms with Gasteiger partial charge < -0.3 is 14.9 Å². The molecule has 0 radical (unpaired) electrons. The highest BCUT2D eigenvalue weighted by Crippen LogP contribution is 2.40. The summed E-state index contributed by atoms with van der Waals surface area (Å²) >= 11 is 8.13. The first-order valence-corrected chi connectivity index (χ1v) is 6.03. The molecule has 1 unspecified atom stereocenters. The van der Waals surface area contributed by atoms with Crippen LogP contribution in [0.25, 0.3) is 0 Å². The molecule has 1 heterocycles. The second kappa shape index (κ2) is 4.45. The maximum absolute atomic E-state index is 9.71. The predicted octanol–water partition coefficient (Wildman–Crippen LogP) is 1.91. The van der Waals surface area contributed by atoms with Gasteiger partial charge in [0, 0.05) is 21.1 Å². The number of aliphatic hydroxyl groups is 2.